The molecule has 0 spiro atoms. The lowest BCUT2D eigenvalue weighted by molar-refractivity contribution is -0.116. The third-order valence-corrected chi connectivity index (χ3v) is 2.82. The van der Waals surface area contributed by atoms with Crippen LogP contribution in [0.5, 0.6) is 0 Å². The van der Waals surface area contributed by atoms with E-state index in [9.17, 15) is 9.18 Å². The molecule has 1 N–H and O–H groups in total. The molecule has 0 fully saturated rings. The van der Waals surface area contributed by atoms with Crippen LogP contribution in [-0.2, 0) is 4.79 Å². The van der Waals surface area contributed by atoms with Crippen molar-refractivity contribution < 1.29 is 9.18 Å². The number of carbonyl (C=O) groups is 1. The van der Waals surface area contributed by atoms with Crippen LogP contribution in [0.4, 0.5) is 10.1 Å². The van der Waals surface area contributed by atoms with E-state index < -0.39 is 5.82 Å². The van der Waals surface area contributed by atoms with Crippen molar-refractivity contribution in [2.45, 2.75) is 26.3 Å². The Morgan fingerprint density at radius 3 is 2.79 bits per heavy atom. The molecule has 0 saturated carbocycles. The number of amides is 1. The van der Waals surface area contributed by atoms with Crippen LogP contribution in [0.1, 0.15) is 25.1 Å². The number of carbonyl (C=O) groups excluding carboxylic acids is 1. The Morgan fingerprint density at radius 2 is 2.16 bits per heavy atom. The largest absolute Gasteiger partial charge is 0.324 e. The molecule has 1 aromatic carbocycles. The molecule has 1 amide bonds. The van der Waals surface area contributed by atoms with E-state index >= 15 is 0 Å². The number of aryl methyl sites for hydroxylation is 1. The van der Waals surface area contributed by atoms with Crippen molar-refractivity contribution in [3.05, 3.63) is 48.0 Å². The first-order valence-electron chi connectivity index (χ1n) is 6.12. The fraction of sp³-hybridized carbons (Fsp3) is 0.286. The van der Waals surface area contributed by atoms with Crippen LogP contribution < -0.4 is 5.32 Å². The summed E-state index contributed by atoms with van der Waals surface area (Å²) in [5.41, 5.74) is 1.11. The standard InChI is InChI=1S/C14H16FN3O/c1-10-7-8-18(17-10)11(2)9-14(19)16-13-6-4-3-5-12(13)15/h3-8,11H,9H2,1-2H3,(H,16,19)/t11-/m0/s1. The van der Waals surface area contributed by atoms with Gasteiger partial charge < -0.3 is 5.32 Å². The van der Waals surface area contributed by atoms with Gasteiger partial charge in [-0.05, 0) is 32.0 Å². The second kappa shape index (κ2) is 5.65. The fourth-order valence-corrected chi connectivity index (χ4v) is 1.80. The van der Waals surface area contributed by atoms with Crippen LogP contribution in [-0.4, -0.2) is 15.7 Å². The van der Waals surface area contributed by atoms with Gasteiger partial charge in [-0.15, -0.1) is 0 Å². The molecule has 0 aliphatic rings. The molecule has 19 heavy (non-hydrogen) atoms. The first-order valence-corrected chi connectivity index (χ1v) is 6.12. The molecule has 0 unspecified atom stereocenters. The average Bonchev–Trinajstić information content (AvgIpc) is 2.79. The van der Waals surface area contributed by atoms with Crippen LogP contribution in [0, 0.1) is 12.7 Å². The Labute approximate surface area is 111 Å². The number of halogens is 1. The molecular weight excluding hydrogens is 245 g/mol. The smallest absolute Gasteiger partial charge is 0.226 e. The van der Waals surface area contributed by atoms with E-state index in [4.69, 9.17) is 0 Å². The lowest BCUT2D eigenvalue weighted by Gasteiger charge is -2.12. The van der Waals surface area contributed by atoms with Gasteiger partial charge in [-0.3, -0.25) is 9.48 Å². The molecule has 5 heteroatoms. The molecule has 1 aromatic heterocycles. The van der Waals surface area contributed by atoms with E-state index in [1.807, 2.05) is 26.1 Å². The fourth-order valence-electron chi connectivity index (χ4n) is 1.80. The molecular formula is C14H16FN3O. The maximum Gasteiger partial charge on any atom is 0.226 e. The molecule has 100 valence electrons. The Bertz CT molecular complexity index is 580. The summed E-state index contributed by atoms with van der Waals surface area (Å²) in [6, 6.07) is 7.93. The monoisotopic (exact) mass is 261 g/mol. The molecule has 4 nitrogen and oxygen atoms in total. The summed E-state index contributed by atoms with van der Waals surface area (Å²) in [7, 11) is 0. The summed E-state index contributed by atoms with van der Waals surface area (Å²) >= 11 is 0. The summed E-state index contributed by atoms with van der Waals surface area (Å²) in [5, 5.41) is 6.81. The molecule has 2 aromatic rings. The van der Waals surface area contributed by atoms with Crippen molar-refractivity contribution in [1.29, 1.82) is 0 Å². The third kappa shape index (κ3) is 3.40. The van der Waals surface area contributed by atoms with Gasteiger partial charge >= 0.3 is 0 Å². The summed E-state index contributed by atoms with van der Waals surface area (Å²) in [6.45, 7) is 3.79. The molecule has 1 atom stereocenters. The summed E-state index contributed by atoms with van der Waals surface area (Å²) in [6.07, 6.45) is 2.08. The van der Waals surface area contributed by atoms with E-state index in [1.54, 1.807) is 16.8 Å². The Hall–Kier alpha value is -2.17. The zero-order valence-electron chi connectivity index (χ0n) is 10.9. The molecule has 0 bridgehead atoms. The van der Waals surface area contributed by atoms with Crippen LogP contribution in [0.25, 0.3) is 0 Å². The Morgan fingerprint density at radius 1 is 1.42 bits per heavy atom. The third-order valence-electron chi connectivity index (χ3n) is 2.82. The first kappa shape index (κ1) is 13.3. The number of nitrogens with zero attached hydrogens (tertiary/aromatic N) is 2. The van der Waals surface area contributed by atoms with Crippen LogP contribution in [0.2, 0.25) is 0 Å². The Balaban J connectivity index is 1.96. The molecule has 0 aliphatic carbocycles. The molecule has 0 aliphatic heterocycles. The van der Waals surface area contributed by atoms with E-state index in [0.717, 1.165) is 5.69 Å². The number of anilines is 1. The zero-order chi connectivity index (χ0) is 13.8. The van der Waals surface area contributed by atoms with Gasteiger partial charge in [0, 0.05) is 12.6 Å². The Kier molecular flexibility index (Phi) is 3.94. The van der Waals surface area contributed by atoms with Gasteiger partial charge in [0.1, 0.15) is 5.82 Å². The first-order chi connectivity index (χ1) is 9.06. The second-order valence-corrected chi connectivity index (χ2v) is 4.52. The highest BCUT2D eigenvalue weighted by molar-refractivity contribution is 5.91. The number of aromatic nitrogens is 2. The number of rotatable bonds is 4. The minimum Gasteiger partial charge on any atom is -0.324 e. The minimum atomic E-state index is -0.432. The lowest BCUT2D eigenvalue weighted by atomic mass is 10.2. The minimum absolute atomic E-state index is 0.0690. The average molecular weight is 261 g/mol. The van der Waals surface area contributed by atoms with Gasteiger partial charge in [-0.2, -0.15) is 5.10 Å². The van der Waals surface area contributed by atoms with Crippen LogP contribution in [0.3, 0.4) is 0 Å². The zero-order valence-corrected chi connectivity index (χ0v) is 10.9. The summed E-state index contributed by atoms with van der Waals surface area (Å²) < 4.78 is 15.1. The quantitative estimate of drug-likeness (QED) is 0.919. The normalized spacial score (nSPS) is 12.2. The summed E-state index contributed by atoms with van der Waals surface area (Å²) in [4.78, 5) is 11.8. The number of hydrogen-bond acceptors (Lipinski definition) is 2. The van der Waals surface area contributed by atoms with Gasteiger partial charge in [-0.1, -0.05) is 12.1 Å². The van der Waals surface area contributed by atoms with Crippen molar-refractivity contribution in [3.63, 3.8) is 0 Å². The maximum atomic E-state index is 13.4. The highest BCUT2D eigenvalue weighted by Crippen LogP contribution is 2.15. The second-order valence-electron chi connectivity index (χ2n) is 4.52. The van der Waals surface area contributed by atoms with Crippen molar-refractivity contribution >= 4 is 11.6 Å². The predicted octanol–water partition coefficient (Wildman–Crippen LogP) is 2.92. The number of nitrogens with one attached hydrogen (secondary N) is 1. The van der Waals surface area contributed by atoms with Crippen LogP contribution >= 0.6 is 0 Å². The highest BCUT2D eigenvalue weighted by atomic mass is 19.1. The highest BCUT2D eigenvalue weighted by Gasteiger charge is 2.13. The van der Waals surface area contributed by atoms with Crippen molar-refractivity contribution in [2.24, 2.45) is 0 Å². The molecule has 0 saturated heterocycles. The number of para-hydroxylation sites is 1. The topological polar surface area (TPSA) is 46.9 Å². The van der Waals surface area contributed by atoms with Crippen molar-refractivity contribution in [3.8, 4) is 0 Å². The molecule has 2 rings (SSSR count). The maximum absolute atomic E-state index is 13.4. The number of hydrogen-bond donors (Lipinski definition) is 1. The van der Waals surface area contributed by atoms with Crippen molar-refractivity contribution in [1.82, 2.24) is 9.78 Å². The lowest BCUT2D eigenvalue weighted by Crippen LogP contribution is -2.18. The molecule has 1 heterocycles. The van der Waals surface area contributed by atoms with Gasteiger partial charge in [0.15, 0.2) is 0 Å². The van der Waals surface area contributed by atoms with E-state index in [0.29, 0.717) is 0 Å². The van der Waals surface area contributed by atoms with E-state index in [2.05, 4.69) is 10.4 Å². The number of benzene rings is 1. The SMILES string of the molecule is Cc1ccn([C@@H](C)CC(=O)Nc2ccccc2F)n1. The van der Waals surface area contributed by atoms with Gasteiger partial charge in [-0.25, -0.2) is 4.39 Å². The van der Waals surface area contributed by atoms with E-state index in [1.165, 1.54) is 12.1 Å². The predicted molar refractivity (Wildman–Crippen MR) is 71.3 cm³/mol. The summed E-state index contributed by atoms with van der Waals surface area (Å²) in [5.74, 6) is -0.663. The van der Waals surface area contributed by atoms with E-state index in [-0.39, 0.29) is 24.1 Å². The van der Waals surface area contributed by atoms with Crippen LogP contribution in [0.15, 0.2) is 36.5 Å². The van der Waals surface area contributed by atoms with Gasteiger partial charge in [0.25, 0.3) is 0 Å². The van der Waals surface area contributed by atoms with Crippen molar-refractivity contribution in [2.75, 3.05) is 5.32 Å². The van der Waals surface area contributed by atoms with Gasteiger partial charge in [0.2, 0.25) is 5.91 Å². The molecule has 0 radical (unpaired) electrons. The van der Waals surface area contributed by atoms with Gasteiger partial charge in [0.05, 0.1) is 17.4 Å².